The van der Waals surface area contributed by atoms with Crippen molar-refractivity contribution in [2.24, 2.45) is 5.73 Å². The molecule has 0 spiro atoms. The highest BCUT2D eigenvalue weighted by molar-refractivity contribution is 14.1. The van der Waals surface area contributed by atoms with Crippen LogP contribution in [-0.2, 0) is 17.6 Å². The molecule has 2 aromatic heterocycles. The minimum Gasteiger partial charge on any atom is -0.490 e. The number of benzene rings is 1. The highest BCUT2D eigenvalue weighted by Gasteiger charge is 2.20. The van der Waals surface area contributed by atoms with E-state index < -0.39 is 5.91 Å². The number of nitrogens with zero attached hydrogens (tertiary/aromatic N) is 1. The maximum Gasteiger partial charge on any atom is 0.260 e. The van der Waals surface area contributed by atoms with E-state index in [9.17, 15) is 9.59 Å². The van der Waals surface area contributed by atoms with Crippen molar-refractivity contribution in [1.29, 1.82) is 0 Å². The fraction of sp³-hybridized carbons (Fsp3) is 0.409. The third-order valence-electron chi connectivity index (χ3n) is 5.27. The van der Waals surface area contributed by atoms with Gasteiger partial charge in [-0.05, 0) is 72.9 Å². The Morgan fingerprint density at radius 2 is 2.00 bits per heavy atom. The zero-order valence-electron chi connectivity index (χ0n) is 17.3. The largest absolute Gasteiger partial charge is 0.490 e. The predicted molar refractivity (Wildman–Crippen MR) is 130 cm³/mol. The lowest BCUT2D eigenvalue weighted by Gasteiger charge is -2.14. The van der Waals surface area contributed by atoms with Crippen molar-refractivity contribution in [3.05, 3.63) is 36.5 Å². The number of H-pyrrole nitrogens is 1. The molecule has 0 radical (unpaired) electrons. The van der Waals surface area contributed by atoms with Crippen LogP contribution in [0.25, 0.3) is 21.6 Å². The van der Waals surface area contributed by atoms with Crippen LogP contribution >= 0.6 is 33.9 Å². The molecule has 0 saturated heterocycles. The number of thiophene rings is 1. The summed E-state index contributed by atoms with van der Waals surface area (Å²) < 4.78 is 12.0. The second-order valence-electron chi connectivity index (χ2n) is 7.49. The van der Waals surface area contributed by atoms with Crippen molar-refractivity contribution in [3.8, 4) is 22.9 Å². The molecule has 2 heterocycles. The molecule has 9 heteroatoms. The van der Waals surface area contributed by atoms with Gasteiger partial charge in [0.05, 0.1) is 15.6 Å². The second kappa shape index (κ2) is 9.56. The average Bonchev–Trinajstić information content (AvgIpc) is 3.04. The molecule has 0 bridgehead atoms. The number of aromatic nitrogens is 2. The molecule has 3 N–H and O–H groups in total. The van der Waals surface area contributed by atoms with Gasteiger partial charge in [0.25, 0.3) is 11.5 Å². The third-order valence-corrected chi connectivity index (χ3v) is 7.25. The number of aromatic amines is 1. The van der Waals surface area contributed by atoms with Gasteiger partial charge in [-0.3, -0.25) is 9.59 Å². The lowest BCUT2D eigenvalue weighted by atomic mass is 9.98. The van der Waals surface area contributed by atoms with Crippen molar-refractivity contribution in [3.63, 3.8) is 0 Å². The Hall–Kier alpha value is -2.14. The molecule has 0 aliphatic heterocycles. The van der Waals surface area contributed by atoms with E-state index in [1.807, 2.05) is 13.0 Å². The molecular formula is C22H24IN3O4S. The van der Waals surface area contributed by atoms with Crippen LogP contribution in [0.2, 0.25) is 0 Å². The molecule has 0 unspecified atom stereocenters. The number of aryl methyl sites for hydroxylation is 2. The van der Waals surface area contributed by atoms with Gasteiger partial charge in [0.15, 0.2) is 18.1 Å². The van der Waals surface area contributed by atoms with E-state index in [1.54, 1.807) is 17.4 Å². The standard InChI is InChI=1S/C22H24IN3O4S/c1-2-29-15-10-12(9-14(23)19(15)30-11-17(24)27)20-25-21(28)18-13-7-5-3-4-6-8-16(13)31-22(18)26-20/h9-10H,2-8,11H2,1H3,(H2,24,27)(H,25,26,28). The van der Waals surface area contributed by atoms with Gasteiger partial charge >= 0.3 is 0 Å². The van der Waals surface area contributed by atoms with E-state index in [1.165, 1.54) is 23.3 Å². The number of carbonyl (C=O) groups excluding carboxylic acids is 1. The van der Waals surface area contributed by atoms with Gasteiger partial charge in [0, 0.05) is 10.4 Å². The molecule has 0 atom stereocenters. The summed E-state index contributed by atoms with van der Waals surface area (Å²) in [5, 5.41) is 0.742. The van der Waals surface area contributed by atoms with Crippen LogP contribution in [0.1, 0.15) is 43.0 Å². The number of fused-ring (bicyclic) bond motifs is 3. The number of halogens is 1. The first-order valence-corrected chi connectivity index (χ1v) is 12.3. The van der Waals surface area contributed by atoms with E-state index in [0.29, 0.717) is 23.9 Å². The maximum absolute atomic E-state index is 13.0. The molecule has 0 saturated carbocycles. The van der Waals surface area contributed by atoms with Gasteiger partial charge in [-0.25, -0.2) is 4.98 Å². The molecule has 1 aliphatic carbocycles. The van der Waals surface area contributed by atoms with Gasteiger partial charge in [-0.15, -0.1) is 11.3 Å². The van der Waals surface area contributed by atoms with Crippen LogP contribution in [0.4, 0.5) is 0 Å². The molecule has 7 nitrogen and oxygen atoms in total. The highest BCUT2D eigenvalue weighted by Crippen LogP contribution is 2.38. The summed E-state index contributed by atoms with van der Waals surface area (Å²) in [6, 6.07) is 3.63. The Morgan fingerprint density at radius 1 is 1.23 bits per heavy atom. The van der Waals surface area contributed by atoms with Crippen molar-refractivity contribution in [2.75, 3.05) is 13.2 Å². The highest BCUT2D eigenvalue weighted by atomic mass is 127. The van der Waals surface area contributed by atoms with E-state index in [0.717, 1.165) is 45.0 Å². The SMILES string of the molecule is CCOc1cc(-c2nc3sc4c(c3c(=O)[nH]2)CCCCCC4)cc(I)c1OCC(N)=O. The predicted octanol–water partition coefficient (Wildman–Crippen LogP) is 4.18. The Labute approximate surface area is 197 Å². The topological polar surface area (TPSA) is 107 Å². The monoisotopic (exact) mass is 553 g/mol. The summed E-state index contributed by atoms with van der Waals surface area (Å²) in [5.74, 6) is 0.860. The number of ether oxygens (including phenoxy) is 2. The van der Waals surface area contributed by atoms with Crippen molar-refractivity contribution < 1.29 is 14.3 Å². The molecular weight excluding hydrogens is 529 g/mol. The molecule has 31 heavy (non-hydrogen) atoms. The normalized spacial score (nSPS) is 14.0. The summed E-state index contributed by atoms with van der Waals surface area (Å²) >= 11 is 3.75. The van der Waals surface area contributed by atoms with Gasteiger partial charge in [-0.2, -0.15) is 0 Å². The number of primary amides is 1. The van der Waals surface area contributed by atoms with Crippen LogP contribution in [0.3, 0.4) is 0 Å². The van der Waals surface area contributed by atoms with Crippen LogP contribution < -0.4 is 20.8 Å². The van der Waals surface area contributed by atoms with Gasteiger partial charge in [0.1, 0.15) is 10.7 Å². The number of hydrogen-bond acceptors (Lipinski definition) is 6. The summed E-state index contributed by atoms with van der Waals surface area (Å²) in [4.78, 5) is 34.0. The zero-order chi connectivity index (χ0) is 22.0. The van der Waals surface area contributed by atoms with E-state index in [2.05, 4.69) is 27.6 Å². The summed E-state index contributed by atoms with van der Waals surface area (Å²) in [6.45, 7) is 2.05. The van der Waals surface area contributed by atoms with Crippen LogP contribution in [0.15, 0.2) is 16.9 Å². The zero-order valence-corrected chi connectivity index (χ0v) is 20.2. The lowest BCUT2D eigenvalue weighted by Crippen LogP contribution is -2.20. The number of amides is 1. The third kappa shape index (κ3) is 4.72. The molecule has 1 aliphatic rings. The number of nitrogens with one attached hydrogen (secondary N) is 1. The molecule has 3 aromatic rings. The van der Waals surface area contributed by atoms with Crippen molar-refractivity contribution >= 4 is 50.1 Å². The van der Waals surface area contributed by atoms with E-state index in [4.69, 9.17) is 20.2 Å². The van der Waals surface area contributed by atoms with Gasteiger partial charge < -0.3 is 20.2 Å². The molecule has 1 aromatic carbocycles. The average molecular weight is 553 g/mol. The molecule has 0 fully saturated rings. The Morgan fingerprint density at radius 3 is 2.74 bits per heavy atom. The fourth-order valence-electron chi connectivity index (χ4n) is 3.91. The Balaban J connectivity index is 1.79. The van der Waals surface area contributed by atoms with Gasteiger partial charge in [-0.1, -0.05) is 12.8 Å². The quantitative estimate of drug-likeness (QED) is 0.446. The maximum atomic E-state index is 13.0. The number of hydrogen-bond donors (Lipinski definition) is 2. The number of rotatable bonds is 6. The first-order chi connectivity index (χ1) is 15.0. The van der Waals surface area contributed by atoms with Crippen LogP contribution in [0.5, 0.6) is 11.5 Å². The Bertz CT molecular complexity index is 1190. The van der Waals surface area contributed by atoms with E-state index >= 15 is 0 Å². The second-order valence-corrected chi connectivity index (χ2v) is 9.73. The molecule has 164 valence electrons. The Kier molecular flexibility index (Phi) is 6.80. The van der Waals surface area contributed by atoms with Gasteiger partial charge in [0.2, 0.25) is 0 Å². The van der Waals surface area contributed by atoms with Crippen LogP contribution in [0, 0.1) is 3.57 Å². The van der Waals surface area contributed by atoms with Crippen molar-refractivity contribution in [1.82, 2.24) is 9.97 Å². The van der Waals surface area contributed by atoms with E-state index in [-0.39, 0.29) is 12.2 Å². The fourth-order valence-corrected chi connectivity index (χ4v) is 5.92. The smallest absolute Gasteiger partial charge is 0.260 e. The minimum absolute atomic E-state index is 0.0971. The first-order valence-electron chi connectivity index (χ1n) is 10.4. The molecule has 4 rings (SSSR count). The minimum atomic E-state index is -0.563. The summed E-state index contributed by atoms with van der Waals surface area (Å²) in [6.07, 6.45) is 6.69. The van der Waals surface area contributed by atoms with Crippen molar-refractivity contribution in [2.45, 2.75) is 45.4 Å². The summed E-state index contributed by atoms with van der Waals surface area (Å²) in [5.41, 5.74) is 7.01. The number of carbonyl (C=O) groups is 1. The first kappa shape index (κ1) is 22.1. The molecule has 1 amide bonds. The lowest BCUT2D eigenvalue weighted by molar-refractivity contribution is -0.119. The summed E-state index contributed by atoms with van der Waals surface area (Å²) in [7, 11) is 0. The number of nitrogens with two attached hydrogens (primary N) is 1. The van der Waals surface area contributed by atoms with Crippen LogP contribution in [-0.4, -0.2) is 29.1 Å².